The van der Waals surface area contributed by atoms with E-state index in [1.54, 1.807) is 19.2 Å². The maximum atomic E-state index is 11.8. The van der Waals surface area contributed by atoms with Crippen LogP contribution in [-0.2, 0) is 4.79 Å². The van der Waals surface area contributed by atoms with E-state index in [9.17, 15) is 4.79 Å². The first-order valence-electron chi connectivity index (χ1n) is 6.95. The van der Waals surface area contributed by atoms with Crippen LogP contribution < -0.4 is 20.5 Å². The molecular formula is C15H25ClN2O3. The maximum absolute atomic E-state index is 11.8. The highest BCUT2D eigenvalue weighted by Gasteiger charge is 2.10. The molecule has 0 aromatic heterocycles. The van der Waals surface area contributed by atoms with Crippen molar-refractivity contribution >= 4 is 18.3 Å². The molecule has 1 amide bonds. The van der Waals surface area contributed by atoms with Crippen molar-refractivity contribution in [3.63, 3.8) is 0 Å². The summed E-state index contributed by atoms with van der Waals surface area (Å²) in [6, 6.07) is 7.19. The number of nitrogens with two attached hydrogens (primary N) is 1. The van der Waals surface area contributed by atoms with E-state index < -0.39 is 0 Å². The van der Waals surface area contributed by atoms with Crippen LogP contribution in [0.1, 0.15) is 26.2 Å². The molecule has 0 radical (unpaired) electrons. The summed E-state index contributed by atoms with van der Waals surface area (Å²) < 4.78 is 10.5. The molecule has 1 aromatic carbocycles. The molecule has 1 atom stereocenters. The van der Waals surface area contributed by atoms with Gasteiger partial charge in [-0.05, 0) is 18.6 Å². The summed E-state index contributed by atoms with van der Waals surface area (Å²) in [6.07, 6.45) is 3.05. The molecule has 5 nitrogen and oxygen atoms in total. The van der Waals surface area contributed by atoms with Crippen LogP contribution in [0.25, 0.3) is 0 Å². The largest absolute Gasteiger partial charge is 0.497 e. The standard InChI is InChI=1S/C15H24N2O3.ClH/c1-3-4-6-12(10-16)17-15(18)11-20-14-8-5-7-13(9-14)19-2;/h5,7-9,12H,3-4,6,10-11,16H2,1-2H3,(H,17,18);1H. The van der Waals surface area contributed by atoms with Crippen molar-refractivity contribution in [2.75, 3.05) is 20.3 Å². The second-order valence-corrected chi connectivity index (χ2v) is 4.61. The Kier molecular flexibility index (Phi) is 10.4. The van der Waals surface area contributed by atoms with Crippen molar-refractivity contribution in [2.24, 2.45) is 5.73 Å². The van der Waals surface area contributed by atoms with Gasteiger partial charge in [-0.2, -0.15) is 0 Å². The Morgan fingerprint density at radius 1 is 1.38 bits per heavy atom. The van der Waals surface area contributed by atoms with Crippen LogP contribution in [-0.4, -0.2) is 32.2 Å². The van der Waals surface area contributed by atoms with Gasteiger partial charge in [0.15, 0.2) is 6.61 Å². The summed E-state index contributed by atoms with van der Waals surface area (Å²) in [7, 11) is 1.59. The first-order valence-corrected chi connectivity index (χ1v) is 6.95. The number of carbonyl (C=O) groups is 1. The summed E-state index contributed by atoms with van der Waals surface area (Å²) in [6.45, 7) is 2.54. The number of carbonyl (C=O) groups excluding carboxylic acids is 1. The fraction of sp³-hybridized carbons (Fsp3) is 0.533. The van der Waals surface area contributed by atoms with Gasteiger partial charge in [-0.3, -0.25) is 4.79 Å². The third-order valence-corrected chi connectivity index (χ3v) is 2.97. The molecule has 6 heteroatoms. The number of unbranched alkanes of at least 4 members (excludes halogenated alkanes) is 1. The molecular weight excluding hydrogens is 292 g/mol. The SMILES string of the molecule is CCCCC(CN)NC(=O)COc1cccc(OC)c1.Cl. The molecule has 1 aromatic rings. The van der Waals surface area contributed by atoms with Crippen LogP contribution >= 0.6 is 12.4 Å². The minimum Gasteiger partial charge on any atom is -0.497 e. The number of amides is 1. The summed E-state index contributed by atoms with van der Waals surface area (Å²) in [4.78, 5) is 11.8. The van der Waals surface area contributed by atoms with E-state index in [-0.39, 0.29) is 31.0 Å². The highest BCUT2D eigenvalue weighted by Crippen LogP contribution is 2.18. The van der Waals surface area contributed by atoms with Gasteiger partial charge in [-0.15, -0.1) is 12.4 Å². The predicted molar refractivity (Wildman–Crippen MR) is 86.2 cm³/mol. The molecule has 0 spiro atoms. The summed E-state index contributed by atoms with van der Waals surface area (Å²) >= 11 is 0. The van der Waals surface area contributed by atoms with Crippen molar-refractivity contribution in [1.82, 2.24) is 5.32 Å². The summed E-state index contributed by atoms with van der Waals surface area (Å²) in [5, 5.41) is 2.88. The lowest BCUT2D eigenvalue weighted by Gasteiger charge is -2.16. The number of hydrogen-bond acceptors (Lipinski definition) is 4. The van der Waals surface area contributed by atoms with Gasteiger partial charge in [-0.25, -0.2) is 0 Å². The average Bonchev–Trinajstić information content (AvgIpc) is 2.49. The van der Waals surface area contributed by atoms with Crippen LogP contribution in [0.5, 0.6) is 11.5 Å². The molecule has 1 unspecified atom stereocenters. The Morgan fingerprint density at radius 3 is 2.71 bits per heavy atom. The zero-order valence-electron chi connectivity index (χ0n) is 12.6. The third-order valence-electron chi connectivity index (χ3n) is 2.97. The van der Waals surface area contributed by atoms with E-state index >= 15 is 0 Å². The molecule has 0 aliphatic rings. The molecule has 0 bridgehead atoms. The van der Waals surface area contributed by atoms with Crippen molar-refractivity contribution < 1.29 is 14.3 Å². The van der Waals surface area contributed by atoms with Gasteiger partial charge in [0, 0.05) is 18.7 Å². The van der Waals surface area contributed by atoms with E-state index in [0.29, 0.717) is 18.0 Å². The van der Waals surface area contributed by atoms with E-state index in [1.165, 1.54) is 0 Å². The minimum absolute atomic E-state index is 0. The number of nitrogens with one attached hydrogen (secondary N) is 1. The van der Waals surface area contributed by atoms with Crippen LogP contribution in [0.15, 0.2) is 24.3 Å². The van der Waals surface area contributed by atoms with Crippen molar-refractivity contribution in [3.05, 3.63) is 24.3 Å². The van der Waals surface area contributed by atoms with Crippen molar-refractivity contribution in [2.45, 2.75) is 32.2 Å². The van der Waals surface area contributed by atoms with Crippen LogP contribution in [0, 0.1) is 0 Å². The van der Waals surface area contributed by atoms with E-state index in [4.69, 9.17) is 15.2 Å². The van der Waals surface area contributed by atoms with Gasteiger partial charge in [0.1, 0.15) is 11.5 Å². The van der Waals surface area contributed by atoms with E-state index in [2.05, 4.69) is 12.2 Å². The molecule has 0 aliphatic carbocycles. The fourth-order valence-electron chi connectivity index (χ4n) is 1.81. The number of rotatable bonds is 9. The quantitative estimate of drug-likeness (QED) is 0.732. The molecule has 3 N–H and O–H groups in total. The van der Waals surface area contributed by atoms with Crippen LogP contribution in [0.3, 0.4) is 0 Å². The zero-order chi connectivity index (χ0) is 14.8. The summed E-state index contributed by atoms with van der Waals surface area (Å²) in [5.41, 5.74) is 5.63. The van der Waals surface area contributed by atoms with Crippen LogP contribution in [0.4, 0.5) is 0 Å². The molecule has 0 aliphatic heterocycles. The summed E-state index contributed by atoms with van der Waals surface area (Å²) in [5.74, 6) is 1.16. The van der Waals surface area contributed by atoms with Crippen LogP contribution in [0.2, 0.25) is 0 Å². The van der Waals surface area contributed by atoms with Gasteiger partial charge in [0.05, 0.1) is 7.11 Å². The van der Waals surface area contributed by atoms with Gasteiger partial charge in [0.25, 0.3) is 5.91 Å². The third kappa shape index (κ3) is 7.78. The highest BCUT2D eigenvalue weighted by atomic mass is 35.5. The molecule has 0 saturated carbocycles. The maximum Gasteiger partial charge on any atom is 0.258 e. The van der Waals surface area contributed by atoms with Gasteiger partial charge >= 0.3 is 0 Å². The number of ether oxygens (including phenoxy) is 2. The number of hydrogen-bond donors (Lipinski definition) is 2. The Balaban J connectivity index is 0.00000400. The first kappa shape index (κ1) is 19.5. The second-order valence-electron chi connectivity index (χ2n) is 4.61. The molecule has 21 heavy (non-hydrogen) atoms. The zero-order valence-corrected chi connectivity index (χ0v) is 13.4. The van der Waals surface area contributed by atoms with E-state index in [0.717, 1.165) is 19.3 Å². The van der Waals surface area contributed by atoms with Gasteiger partial charge in [-0.1, -0.05) is 25.8 Å². The topological polar surface area (TPSA) is 73.6 Å². The smallest absolute Gasteiger partial charge is 0.258 e. The minimum atomic E-state index is -0.153. The van der Waals surface area contributed by atoms with Crippen molar-refractivity contribution in [1.29, 1.82) is 0 Å². The Bertz CT molecular complexity index is 416. The molecule has 0 fully saturated rings. The highest BCUT2D eigenvalue weighted by molar-refractivity contribution is 5.85. The Hall–Kier alpha value is -1.46. The van der Waals surface area contributed by atoms with E-state index in [1.807, 2.05) is 12.1 Å². The lowest BCUT2D eigenvalue weighted by molar-refractivity contribution is -0.123. The average molecular weight is 317 g/mol. The monoisotopic (exact) mass is 316 g/mol. The lowest BCUT2D eigenvalue weighted by atomic mass is 10.1. The first-order chi connectivity index (χ1) is 9.69. The Labute approximate surface area is 132 Å². The van der Waals surface area contributed by atoms with Gasteiger partial charge in [0.2, 0.25) is 0 Å². The predicted octanol–water partition coefficient (Wildman–Crippen LogP) is 2.13. The molecule has 1 rings (SSSR count). The number of halogens is 1. The second kappa shape index (κ2) is 11.2. The normalized spacial score (nSPS) is 11.2. The number of benzene rings is 1. The Morgan fingerprint density at radius 2 is 2.10 bits per heavy atom. The molecule has 0 heterocycles. The lowest BCUT2D eigenvalue weighted by Crippen LogP contribution is -2.42. The van der Waals surface area contributed by atoms with Crippen molar-refractivity contribution in [3.8, 4) is 11.5 Å². The van der Waals surface area contributed by atoms with Gasteiger partial charge < -0.3 is 20.5 Å². The molecule has 120 valence electrons. The molecule has 0 saturated heterocycles. The number of methoxy groups -OCH3 is 1. The fourth-order valence-corrected chi connectivity index (χ4v) is 1.81.